The molecule has 0 saturated carbocycles. The monoisotopic (exact) mass is 321 g/mol. The van der Waals surface area contributed by atoms with Crippen LogP contribution in [-0.2, 0) is 14.8 Å². The zero-order chi connectivity index (χ0) is 15.5. The van der Waals surface area contributed by atoms with Gasteiger partial charge in [-0.3, -0.25) is 0 Å². The second-order valence-electron chi connectivity index (χ2n) is 3.91. The SMILES string of the molecule is CCOC(=O)c1cc(C)c(Cl)c(S(N)(=O)=O)c1OCC. The molecule has 0 heterocycles. The van der Waals surface area contributed by atoms with Gasteiger partial charge in [-0.25, -0.2) is 18.4 Å². The second kappa shape index (κ2) is 6.43. The smallest absolute Gasteiger partial charge is 0.341 e. The molecule has 1 aromatic carbocycles. The first-order chi connectivity index (χ1) is 9.23. The zero-order valence-corrected chi connectivity index (χ0v) is 13.0. The van der Waals surface area contributed by atoms with Crippen LogP contribution >= 0.6 is 11.6 Å². The van der Waals surface area contributed by atoms with E-state index in [4.69, 9.17) is 26.2 Å². The van der Waals surface area contributed by atoms with Crippen molar-refractivity contribution >= 4 is 27.6 Å². The Labute approximate surface area is 122 Å². The molecule has 20 heavy (non-hydrogen) atoms. The summed E-state index contributed by atoms with van der Waals surface area (Å²) in [6, 6.07) is 1.42. The first-order valence-corrected chi connectivity index (χ1v) is 7.82. The van der Waals surface area contributed by atoms with E-state index in [0.29, 0.717) is 5.56 Å². The molecule has 0 spiro atoms. The highest BCUT2D eigenvalue weighted by Crippen LogP contribution is 2.37. The van der Waals surface area contributed by atoms with Crippen LogP contribution in [0.3, 0.4) is 0 Å². The summed E-state index contributed by atoms with van der Waals surface area (Å²) in [5.74, 6) is -0.871. The molecule has 0 radical (unpaired) electrons. The van der Waals surface area contributed by atoms with Gasteiger partial charge in [0.2, 0.25) is 10.0 Å². The number of halogens is 1. The summed E-state index contributed by atoms with van der Waals surface area (Å²) in [5.41, 5.74) is 0.377. The Hall–Kier alpha value is -1.31. The number of nitrogens with two attached hydrogens (primary N) is 1. The maximum Gasteiger partial charge on any atom is 0.341 e. The number of esters is 1. The molecule has 2 N–H and O–H groups in total. The molecule has 1 aromatic rings. The van der Waals surface area contributed by atoms with Gasteiger partial charge in [0.25, 0.3) is 0 Å². The quantitative estimate of drug-likeness (QED) is 0.835. The molecular formula is C12H16ClNO5S. The highest BCUT2D eigenvalue weighted by molar-refractivity contribution is 7.89. The lowest BCUT2D eigenvalue weighted by Crippen LogP contribution is -2.18. The van der Waals surface area contributed by atoms with Crippen molar-refractivity contribution in [1.29, 1.82) is 0 Å². The summed E-state index contributed by atoms with van der Waals surface area (Å²) in [5, 5.41) is 5.09. The van der Waals surface area contributed by atoms with E-state index in [2.05, 4.69) is 0 Å². The van der Waals surface area contributed by atoms with Crippen LogP contribution < -0.4 is 9.88 Å². The number of benzene rings is 1. The third kappa shape index (κ3) is 3.41. The van der Waals surface area contributed by atoms with Gasteiger partial charge >= 0.3 is 5.97 Å². The average molecular weight is 322 g/mol. The van der Waals surface area contributed by atoms with Gasteiger partial charge in [0.1, 0.15) is 10.5 Å². The Balaban J connectivity index is 3.69. The first kappa shape index (κ1) is 16.7. The van der Waals surface area contributed by atoms with Crippen molar-refractivity contribution in [3.8, 4) is 5.75 Å². The molecule has 8 heteroatoms. The predicted octanol–water partition coefficient (Wildman–Crippen LogP) is 1.87. The van der Waals surface area contributed by atoms with Crippen molar-refractivity contribution in [2.45, 2.75) is 25.7 Å². The van der Waals surface area contributed by atoms with Crippen LogP contribution in [0.2, 0.25) is 5.02 Å². The van der Waals surface area contributed by atoms with E-state index < -0.39 is 20.9 Å². The van der Waals surface area contributed by atoms with E-state index in [1.165, 1.54) is 6.07 Å². The number of aryl methyl sites for hydroxylation is 1. The molecule has 0 aliphatic heterocycles. The normalized spacial score (nSPS) is 11.2. The number of sulfonamides is 1. The number of rotatable bonds is 5. The number of hydrogen-bond donors (Lipinski definition) is 1. The lowest BCUT2D eigenvalue weighted by atomic mass is 10.1. The van der Waals surface area contributed by atoms with Gasteiger partial charge < -0.3 is 9.47 Å². The molecule has 0 amide bonds. The molecule has 0 aliphatic carbocycles. The highest BCUT2D eigenvalue weighted by atomic mass is 35.5. The van der Waals surface area contributed by atoms with E-state index >= 15 is 0 Å². The lowest BCUT2D eigenvalue weighted by Gasteiger charge is -2.16. The Bertz CT molecular complexity index is 627. The number of carbonyl (C=O) groups excluding carboxylic acids is 1. The van der Waals surface area contributed by atoms with E-state index in [1.54, 1.807) is 20.8 Å². The summed E-state index contributed by atoms with van der Waals surface area (Å²) in [6.07, 6.45) is 0. The summed E-state index contributed by atoms with van der Waals surface area (Å²) >= 11 is 5.98. The van der Waals surface area contributed by atoms with Crippen LogP contribution in [-0.4, -0.2) is 27.6 Å². The van der Waals surface area contributed by atoms with Crippen molar-refractivity contribution < 1.29 is 22.7 Å². The fraction of sp³-hybridized carbons (Fsp3) is 0.417. The molecule has 112 valence electrons. The van der Waals surface area contributed by atoms with Gasteiger partial charge in [0.05, 0.1) is 18.2 Å². The van der Waals surface area contributed by atoms with Gasteiger partial charge in [-0.1, -0.05) is 11.6 Å². The van der Waals surface area contributed by atoms with Crippen LogP contribution in [0.5, 0.6) is 5.75 Å². The zero-order valence-electron chi connectivity index (χ0n) is 11.4. The fourth-order valence-electron chi connectivity index (χ4n) is 1.65. The molecule has 0 fully saturated rings. The largest absolute Gasteiger partial charge is 0.491 e. The van der Waals surface area contributed by atoms with Crippen molar-refractivity contribution in [1.82, 2.24) is 0 Å². The Morgan fingerprint density at radius 2 is 1.95 bits per heavy atom. The molecule has 0 aliphatic rings. The van der Waals surface area contributed by atoms with Crippen LogP contribution in [0, 0.1) is 6.92 Å². The molecule has 0 bridgehead atoms. The Kier molecular flexibility index (Phi) is 5.38. The lowest BCUT2D eigenvalue weighted by molar-refractivity contribution is 0.0521. The molecule has 0 aromatic heterocycles. The van der Waals surface area contributed by atoms with Crippen LogP contribution in [0.4, 0.5) is 0 Å². The van der Waals surface area contributed by atoms with E-state index in [0.717, 1.165) is 0 Å². The topological polar surface area (TPSA) is 95.7 Å². The Morgan fingerprint density at radius 3 is 2.40 bits per heavy atom. The molecular weight excluding hydrogens is 306 g/mol. The minimum absolute atomic E-state index is 0.0142. The van der Waals surface area contributed by atoms with E-state index in [-0.39, 0.29) is 29.5 Å². The molecule has 0 atom stereocenters. The average Bonchev–Trinajstić information content (AvgIpc) is 2.32. The number of ether oxygens (including phenoxy) is 2. The molecule has 1 rings (SSSR count). The van der Waals surface area contributed by atoms with Gasteiger partial charge in [-0.15, -0.1) is 0 Å². The third-order valence-corrected chi connectivity index (χ3v) is 3.98. The van der Waals surface area contributed by atoms with Crippen molar-refractivity contribution in [3.63, 3.8) is 0 Å². The Morgan fingerprint density at radius 1 is 1.35 bits per heavy atom. The van der Waals surface area contributed by atoms with Crippen LogP contribution in [0.25, 0.3) is 0 Å². The minimum atomic E-state index is -4.14. The highest BCUT2D eigenvalue weighted by Gasteiger charge is 2.28. The molecule has 6 nitrogen and oxygen atoms in total. The summed E-state index contributed by atoms with van der Waals surface area (Å²) in [6.45, 7) is 5.15. The minimum Gasteiger partial charge on any atom is -0.491 e. The summed E-state index contributed by atoms with van der Waals surface area (Å²) in [7, 11) is -4.14. The number of primary sulfonamides is 1. The van der Waals surface area contributed by atoms with Crippen molar-refractivity contribution in [2.75, 3.05) is 13.2 Å². The molecule has 0 unspecified atom stereocenters. The second-order valence-corrected chi connectivity index (χ2v) is 5.79. The van der Waals surface area contributed by atoms with Crippen LogP contribution in [0.1, 0.15) is 29.8 Å². The number of carbonyl (C=O) groups is 1. The first-order valence-electron chi connectivity index (χ1n) is 5.89. The molecule has 0 saturated heterocycles. The maximum atomic E-state index is 11.9. The number of hydrogen-bond acceptors (Lipinski definition) is 5. The van der Waals surface area contributed by atoms with Gasteiger partial charge in [0.15, 0.2) is 5.75 Å². The third-order valence-electron chi connectivity index (χ3n) is 2.43. The standard InChI is InChI=1S/C12H16ClNO5S/c1-4-18-10-8(12(15)19-5-2)6-7(3)9(13)11(10)20(14,16)17/h6H,4-5H2,1-3H3,(H2,14,16,17). The van der Waals surface area contributed by atoms with Crippen LogP contribution in [0.15, 0.2) is 11.0 Å². The summed E-state index contributed by atoms with van der Waals surface area (Å²) in [4.78, 5) is 11.5. The van der Waals surface area contributed by atoms with Gasteiger partial charge in [-0.05, 0) is 32.4 Å². The fourth-order valence-corrected chi connectivity index (χ4v) is 2.95. The maximum absolute atomic E-state index is 11.9. The van der Waals surface area contributed by atoms with Crippen molar-refractivity contribution in [2.24, 2.45) is 5.14 Å². The van der Waals surface area contributed by atoms with E-state index in [9.17, 15) is 13.2 Å². The van der Waals surface area contributed by atoms with Gasteiger partial charge in [-0.2, -0.15) is 0 Å². The van der Waals surface area contributed by atoms with Gasteiger partial charge in [0, 0.05) is 0 Å². The predicted molar refractivity (Wildman–Crippen MR) is 74.7 cm³/mol. The van der Waals surface area contributed by atoms with E-state index in [1.807, 2.05) is 0 Å². The van der Waals surface area contributed by atoms with Crippen molar-refractivity contribution in [3.05, 3.63) is 22.2 Å². The summed E-state index contributed by atoms with van der Waals surface area (Å²) < 4.78 is 33.5.